The van der Waals surface area contributed by atoms with Gasteiger partial charge in [-0.05, 0) is 17.5 Å². The first kappa shape index (κ1) is 10.7. The van der Waals surface area contributed by atoms with Gasteiger partial charge < -0.3 is 10.8 Å². The van der Waals surface area contributed by atoms with Gasteiger partial charge in [0.05, 0.1) is 4.90 Å². The second-order valence-corrected chi connectivity index (χ2v) is 4.72. The Hall–Kier alpha value is -1.79. The van der Waals surface area contributed by atoms with E-state index in [1.165, 1.54) is 18.2 Å². The fourth-order valence-electron chi connectivity index (χ4n) is 1.40. The fourth-order valence-corrected chi connectivity index (χ4v) is 1.94. The highest BCUT2D eigenvalue weighted by Crippen LogP contribution is 2.29. The second kappa shape index (κ2) is 3.36. The lowest BCUT2D eigenvalue weighted by Gasteiger charge is -2.04. The SMILES string of the molecule is Nc1[c]c2c(O)cc(S(=O)(=O)O)cc2cc1. The molecule has 0 heterocycles. The number of benzene rings is 2. The van der Waals surface area contributed by atoms with Crippen molar-refractivity contribution in [3.63, 3.8) is 0 Å². The van der Waals surface area contributed by atoms with Crippen LogP contribution in [0.2, 0.25) is 0 Å². The van der Waals surface area contributed by atoms with E-state index in [-0.39, 0.29) is 10.6 Å². The van der Waals surface area contributed by atoms with Gasteiger partial charge in [-0.3, -0.25) is 4.55 Å². The molecule has 0 unspecified atom stereocenters. The molecule has 0 bridgehead atoms. The second-order valence-electron chi connectivity index (χ2n) is 3.30. The van der Waals surface area contributed by atoms with Crippen molar-refractivity contribution in [2.75, 3.05) is 5.73 Å². The number of aromatic hydroxyl groups is 1. The lowest BCUT2D eigenvalue weighted by atomic mass is 10.1. The molecule has 16 heavy (non-hydrogen) atoms. The molecule has 0 fully saturated rings. The smallest absolute Gasteiger partial charge is 0.294 e. The molecule has 6 heteroatoms. The third kappa shape index (κ3) is 1.80. The maximum absolute atomic E-state index is 10.9. The molecule has 0 atom stereocenters. The monoisotopic (exact) mass is 238 g/mol. The Balaban J connectivity index is 2.84. The maximum Gasteiger partial charge on any atom is 0.294 e. The lowest BCUT2D eigenvalue weighted by Crippen LogP contribution is -1.98. The van der Waals surface area contributed by atoms with Crippen molar-refractivity contribution in [3.8, 4) is 5.75 Å². The Kier molecular flexibility index (Phi) is 2.25. The van der Waals surface area contributed by atoms with Crippen LogP contribution in [-0.2, 0) is 10.1 Å². The van der Waals surface area contributed by atoms with Crippen LogP contribution >= 0.6 is 0 Å². The van der Waals surface area contributed by atoms with Crippen molar-refractivity contribution >= 4 is 26.6 Å². The van der Waals surface area contributed by atoms with Crippen molar-refractivity contribution in [2.24, 2.45) is 0 Å². The van der Waals surface area contributed by atoms with Crippen molar-refractivity contribution in [1.29, 1.82) is 0 Å². The van der Waals surface area contributed by atoms with E-state index in [0.717, 1.165) is 6.07 Å². The van der Waals surface area contributed by atoms with Crippen molar-refractivity contribution in [3.05, 3.63) is 30.3 Å². The van der Waals surface area contributed by atoms with Gasteiger partial charge in [-0.25, -0.2) is 0 Å². The standard InChI is InChI=1S/C10H8NO4S/c11-7-2-1-6-3-8(16(13,14)15)5-10(12)9(6)4-7/h1-3,5,12H,11H2,(H,13,14,15). The zero-order valence-corrected chi connectivity index (χ0v) is 8.82. The molecule has 0 spiro atoms. The summed E-state index contributed by atoms with van der Waals surface area (Å²) in [5, 5.41) is 10.3. The predicted molar refractivity (Wildman–Crippen MR) is 58.7 cm³/mol. The maximum atomic E-state index is 10.9. The Bertz CT molecular complexity index is 664. The van der Waals surface area contributed by atoms with Crippen LogP contribution in [0.15, 0.2) is 29.2 Å². The Morgan fingerprint density at radius 2 is 1.94 bits per heavy atom. The topological polar surface area (TPSA) is 101 Å². The highest BCUT2D eigenvalue weighted by atomic mass is 32.2. The van der Waals surface area contributed by atoms with E-state index in [9.17, 15) is 13.5 Å². The van der Waals surface area contributed by atoms with Gasteiger partial charge in [0.2, 0.25) is 0 Å². The van der Waals surface area contributed by atoms with Crippen LogP contribution in [0.1, 0.15) is 0 Å². The highest BCUT2D eigenvalue weighted by Gasteiger charge is 2.13. The van der Waals surface area contributed by atoms with Crippen LogP contribution in [0.25, 0.3) is 10.8 Å². The van der Waals surface area contributed by atoms with Gasteiger partial charge in [0.1, 0.15) is 5.75 Å². The predicted octanol–water partition coefficient (Wildman–Crippen LogP) is 1.17. The minimum Gasteiger partial charge on any atom is -0.507 e. The molecule has 4 N–H and O–H groups in total. The van der Waals surface area contributed by atoms with Gasteiger partial charge in [0.25, 0.3) is 10.1 Å². The highest BCUT2D eigenvalue weighted by molar-refractivity contribution is 7.85. The van der Waals surface area contributed by atoms with E-state index >= 15 is 0 Å². The number of rotatable bonds is 1. The first-order valence-corrected chi connectivity index (χ1v) is 5.74. The molecule has 0 aliphatic heterocycles. The normalized spacial score (nSPS) is 11.8. The van der Waals surface area contributed by atoms with Gasteiger partial charge in [0, 0.05) is 23.2 Å². The molecular weight excluding hydrogens is 230 g/mol. The minimum atomic E-state index is -4.33. The van der Waals surface area contributed by atoms with E-state index in [0.29, 0.717) is 16.5 Å². The third-order valence-corrected chi connectivity index (χ3v) is 2.96. The minimum absolute atomic E-state index is 0.294. The molecule has 0 aliphatic rings. The summed E-state index contributed by atoms with van der Waals surface area (Å²) in [5.74, 6) is -0.294. The molecule has 0 aliphatic carbocycles. The largest absolute Gasteiger partial charge is 0.507 e. The Morgan fingerprint density at radius 1 is 1.25 bits per heavy atom. The molecule has 0 amide bonds. The van der Waals surface area contributed by atoms with E-state index in [4.69, 9.17) is 10.3 Å². The molecule has 5 nitrogen and oxygen atoms in total. The van der Waals surface area contributed by atoms with Crippen LogP contribution in [0, 0.1) is 6.07 Å². The number of hydrogen-bond donors (Lipinski definition) is 3. The number of hydrogen-bond acceptors (Lipinski definition) is 4. The fraction of sp³-hybridized carbons (Fsp3) is 0. The van der Waals surface area contributed by atoms with Crippen LogP contribution in [-0.4, -0.2) is 18.1 Å². The van der Waals surface area contributed by atoms with E-state index in [1.807, 2.05) is 0 Å². The quantitative estimate of drug-likeness (QED) is 0.511. The van der Waals surface area contributed by atoms with Gasteiger partial charge in [-0.2, -0.15) is 8.42 Å². The zero-order valence-electron chi connectivity index (χ0n) is 8.01. The Labute approximate surface area is 91.9 Å². The molecule has 0 saturated carbocycles. The van der Waals surface area contributed by atoms with E-state index in [2.05, 4.69) is 6.07 Å². The summed E-state index contributed by atoms with van der Waals surface area (Å²) in [5.41, 5.74) is 5.82. The lowest BCUT2D eigenvalue weighted by molar-refractivity contribution is 0.471. The summed E-state index contributed by atoms with van der Waals surface area (Å²) in [6.07, 6.45) is 0. The summed E-state index contributed by atoms with van der Waals surface area (Å²) in [6, 6.07) is 7.94. The number of fused-ring (bicyclic) bond motifs is 1. The zero-order chi connectivity index (χ0) is 11.9. The average molecular weight is 238 g/mol. The molecule has 2 aromatic carbocycles. The molecule has 83 valence electrons. The van der Waals surface area contributed by atoms with Gasteiger partial charge in [0.15, 0.2) is 0 Å². The van der Waals surface area contributed by atoms with Gasteiger partial charge in [-0.15, -0.1) is 0 Å². The first-order valence-electron chi connectivity index (χ1n) is 4.30. The number of nitrogens with two attached hydrogens (primary N) is 1. The van der Waals surface area contributed by atoms with Gasteiger partial charge in [-0.1, -0.05) is 6.07 Å². The molecular formula is C10H8NO4S. The van der Waals surface area contributed by atoms with Crippen LogP contribution in [0.3, 0.4) is 0 Å². The van der Waals surface area contributed by atoms with Crippen LogP contribution in [0.5, 0.6) is 5.75 Å². The average Bonchev–Trinajstić information content (AvgIpc) is 2.17. The van der Waals surface area contributed by atoms with Crippen molar-refractivity contribution < 1.29 is 18.1 Å². The number of phenolic OH excluding ortho intramolecular Hbond substituents is 1. The Morgan fingerprint density at radius 3 is 2.56 bits per heavy atom. The third-order valence-electron chi connectivity index (χ3n) is 2.13. The van der Waals surface area contributed by atoms with Gasteiger partial charge >= 0.3 is 0 Å². The van der Waals surface area contributed by atoms with Crippen molar-refractivity contribution in [2.45, 2.75) is 4.90 Å². The first-order chi connectivity index (χ1) is 7.38. The summed E-state index contributed by atoms with van der Waals surface area (Å²) >= 11 is 0. The summed E-state index contributed by atoms with van der Waals surface area (Å²) < 4.78 is 30.7. The molecule has 2 aromatic rings. The van der Waals surface area contributed by atoms with Crippen LogP contribution in [0.4, 0.5) is 5.69 Å². The van der Waals surface area contributed by atoms with E-state index < -0.39 is 10.1 Å². The van der Waals surface area contributed by atoms with E-state index in [1.54, 1.807) is 0 Å². The summed E-state index contributed by atoms with van der Waals surface area (Å²) in [4.78, 5) is -0.365. The molecule has 1 radical (unpaired) electrons. The number of anilines is 1. The number of nitrogen functional groups attached to an aromatic ring is 1. The van der Waals surface area contributed by atoms with Crippen LogP contribution < -0.4 is 5.73 Å². The van der Waals surface area contributed by atoms with Crippen molar-refractivity contribution in [1.82, 2.24) is 0 Å². The molecule has 0 saturated heterocycles. The molecule has 0 aromatic heterocycles. The number of phenols is 1. The summed E-state index contributed by atoms with van der Waals surface area (Å²) in [7, 11) is -4.33. The summed E-state index contributed by atoms with van der Waals surface area (Å²) in [6.45, 7) is 0. The molecule has 2 rings (SSSR count).